The first kappa shape index (κ1) is 21.3. The van der Waals surface area contributed by atoms with Gasteiger partial charge in [0.2, 0.25) is 5.91 Å². The Kier molecular flexibility index (Phi) is 6.21. The summed E-state index contributed by atoms with van der Waals surface area (Å²) in [6.45, 7) is 1.26. The van der Waals surface area contributed by atoms with Crippen molar-refractivity contribution in [2.45, 2.75) is 12.6 Å². The molecule has 3 aromatic rings. The predicted octanol–water partition coefficient (Wildman–Crippen LogP) is 2.82. The van der Waals surface area contributed by atoms with Gasteiger partial charge in [-0.1, -0.05) is 17.7 Å². The zero-order valence-corrected chi connectivity index (χ0v) is 18.3. The van der Waals surface area contributed by atoms with Gasteiger partial charge in [0.15, 0.2) is 0 Å². The van der Waals surface area contributed by atoms with Crippen molar-refractivity contribution in [3.05, 3.63) is 45.9 Å². The summed E-state index contributed by atoms with van der Waals surface area (Å²) in [7, 11) is 1.51. The molecule has 0 bridgehead atoms. The normalized spacial score (nSPS) is 16.7. The quantitative estimate of drug-likeness (QED) is 0.605. The Morgan fingerprint density at radius 1 is 1.35 bits per heavy atom. The smallest absolute Gasteiger partial charge is 0.322 e. The number of amides is 3. The molecule has 9 nitrogen and oxygen atoms in total. The first-order valence-electron chi connectivity index (χ1n) is 9.54. The average Bonchev–Trinajstić information content (AvgIpc) is 3.15. The summed E-state index contributed by atoms with van der Waals surface area (Å²) in [5.74, 6) is 0.236. The van der Waals surface area contributed by atoms with E-state index in [-0.39, 0.29) is 18.5 Å². The molecule has 2 aromatic heterocycles. The summed E-state index contributed by atoms with van der Waals surface area (Å²) in [4.78, 5) is 37.4. The fraction of sp³-hybridized carbons (Fsp3) is 0.300. The molecule has 11 heteroatoms. The zero-order chi connectivity index (χ0) is 22.0. The van der Waals surface area contributed by atoms with Crippen LogP contribution in [0, 0.1) is 0 Å². The lowest BCUT2D eigenvalue weighted by Gasteiger charge is -2.40. The van der Waals surface area contributed by atoms with Gasteiger partial charge in [0.05, 0.1) is 22.8 Å². The Morgan fingerprint density at radius 3 is 2.94 bits per heavy atom. The van der Waals surface area contributed by atoms with E-state index in [9.17, 15) is 9.59 Å². The summed E-state index contributed by atoms with van der Waals surface area (Å²) >= 11 is 7.46. The first-order chi connectivity index (χ1) is 15.0. The number of nitrogen functional groups attached to an aromatic ring is 1. The number of nitrogens with two attached hydrogens (primary N) is 1. The van der Waals surface area contributed by atoms with Gasteiger partial charge in [-0.3, -0.25) is 4.79 Å². The summed E-state index contributed by atoms with van der Waals surface area (Å²) in [6.07, 6.45) is 1.42. The molecule has 3 heterocycles. The van der Waals surface area contributed by atoms with E-state index in [4.69, 9.17) is 22.1 Å². The summed E-state index contributed by atoms with van der Waals surface area (Å²) in [6, 6.07) is 4.54. The van der Waals surface area contributed by atoms with Crippen molar-refractivity contribution >= 4 is 57.3 Å². The minimum absolute atomic E-state index is 0.0988. The third-order valence-corrected chi connectivity index (χ3v) is 6.32. The lowest BCUT2D eigenvalue weighted by molar-refractivity contribution is -0.142. The van der Waals surface area contributed by atoms with Crippen LogP contribution < -0.4 is 11.1 Å². The molecule has 0 saturated carbocycles. The van der Waals surface area contributed by atoms with E-state index in [1.165, 1.54) is 29.7 Å². The molecule has 1 aromatic carbocycles. The third kappa shape index (κ3) is 4.41. The van der Waals surface area contributed by atoms with Crippen LogP contribution in [0.25, 0.3) is 10.9 Å². The van der Waals surface area contributed by atoms with Gasteiger partial charge < -0.3 is 25.6 Å². The van der Waals surface area contributed by atoms with Crippen LogP contribution >= 0.6 is 22.9 Å². The maximum absolute atomic E-state index is 13.2. The number of anilines is 2. The average molecular weight is 461 g/mol. The number of urea groups is 1. The first-order valence-corrected chi connectivity index (χ1v) is 10.9. The molecule has 1 aliphatic rings. The second-order valence-corrected chi connectivity index (χ2v) is 8.25. The number of nitrogens with one attached hydrogen (secondary N) is 1. The monoisotopic (exact) mass is 460 g/mol. The molecule has 3 amide bonds. The number of ether oxygens (including phenoxy) is 1. The van der Waals surface area contributed by atoms with E-state index >= 15 is 0 Å². The highest BCUT2D eigenvalue weighted by Crippen LogP contribution is 2.27. The van der Waals surface area contributed by atoms with Crippen LogP contribution in [0.15, 0.2) is 35.3 Å². The van der Waals surface area contributed by atoms with E-state index in [2.05, 4.69) is 15.3 Å². The summed E-state index contributed by atoms with van der Waals surface area (Å²) in [5, 5.41) is 7.48. The Balaban J connectivity index is 1.49. The molecule has 3 N–H and O–H groups in total. The second-order valence-electron chi connectivity index (χ2n) is 7.10. The van der Waals surface area contributed by atoms with Gasteiger partial charge in [-0.2, -0.15) is 0 Å². The third-order valence-electron chi connectivity index (χ3n) is 5.13. The minimum Gasteiger partial charge on any atom is -0.383 e. The number of aromatic nitrogens is 2. The van der Waals surface area contributed by atoms with Crippen LogP contribution in [0.2, 0.25) is 5.02 Å². The molecular formula is C20H21ClN6O3S. The Morgan fingerprint density at radius 2 is 2.19 bits per heavy atom. The van der Waals surface area contributed by atoms with Crippen LogP contribution in [-0.2, 0) is 16.1 Å². The molecule has 1 fully saturated rings. The van der Waals surface area contributed by atoms with Crippen molar-refractivity contribution in [3.8, 4) is 0 Å². The molecule has 0 spiro atoms. The van der Waals surface area contributed by atoms with Gasteiger partial charge in [0.1, 0.15) is 18.2 Å². The van der Waals surface area contributed by atoms with Crippen molar-refractivity contribution in [1.82, 2.24) is 19.8 Å². The van der Waals surface area contributed by atoms with Crippen LogP contribution in [-0.4, -0.2) is 64.6 Å². The number of thiophene rings is 1. The second kappa shape index (κ2) is 9.04. The van der Waals surface area contributed by atoms with Gasteiger partial charge in [0.25, 0.3) is 0 Å². The Labute approximate surface area is 187 Å². The van der Waals surface area contributed by atoms with Gasteiger partial charge >= 0.3 is 6.03 Å². The fourth-order valence-corrected chi connectivity index (χ4v) is 4.51. The van der Waals surface area contributed by atoms with Gasteiger partial charge in [-0.05, 0) is 17.7 Å². The van der Waals surface area contributed by atoms with Crippen molar-refractivity contribution in [2.24, 2.45) is 0 Å². The van der Waals surface area contributed by atoms with Crippen molar-refractivity contribution in [3.63, 3.8) is 0 Å². The Bertz CT molecular complexity index is 1120. The molecule has 1 aliphatic heterocycles. The molecule has 1 saturated heterocycles. The zero-order valence-electron chi connectivity index (χ0n) is 16.7. The van der Waals surface area contributed by atoms with Crippen LogP contribution in [0.5, 0.6) is 0 Å². The molecule has 0 unspecified atom stereocenters. The van der Waals surface area contributed by atoms with Crippen LogP contribution in [0.4, 0.5) is 16.3 Å². The maximum Gasteiger partial charge on any atom is 0.322 e. The predicted molar refractivity (Wildman–Crippen MR) is 120 cm³/mol. The number of hydrogen-bond donors (Lipinski definition) is 2. The SMILES string of the molecule is COC[C@H]1C(=O)N(Cc2ccc3c(N)ncnc3c2)CCN1C(=O)Nc1cscc1Cl. The lowest BCUT2D eigenvalue weighted by Crippen LogP contribution is -2.60. The number of hydrogen-bond acceptors (Lipinski definition) is 7. The number of piperazine rings is 1. The van der Waals surface area contributed by atoms with E-state index in [1.54, 1.807) is 15.7 Å². The maximum atomic E-state index is 13.2. The highest BCUT2D eigenvalue weighted by Gasteiger charge is 2.37. The van der Waals surface area contributed by atoms with E-state index < -0.39 is 6.04 Å². The molecule has 0 aliphatic carbocycles. The molecule has 162 valence electrons. The molecular weight excluding hydrogens is 440 g/mol. The number of nitrogens with zero attached hydrogens (tertiary/aromatic N) is 4. The number of rotatable bonds is 5. The lowest BCUT2D eigenvalue weighted by atomic mass is 10.1. The number of methoxy groups -OCH3 is 1. The van der Waals surface area contributed by atoms with Crippen molar-refractivity contribution in [1.29, 1.82) is 0 Å². The number of carbonyl (C=O) groups is 2. The Hall–Kier alpha value is -2.95. The van der Waals surface area contributed by atoms with Crippen LogP contribution in [0.1, 0.15) is 5.56 Å². The topological polar surface area (TPSA) is 114 Å². The molecule has 0 radical (unpaired) electrons. The number of fused-ring (bicyclic) bond motifs is 1. The fourth-order valence-electron chi connectivity index (χ4n) is 3.56. The summed E-state index contributed by atoms with van der Waals surface area (Å²) in [5.41, 5.74) is 8.05. The molecule has 4 rings (SSSR count). The summed E-state index contributed by atoms with van der Waals surface area (Å²) < 4.78 is 5.24. The van der Waals surface area contributed by atoms with Crippen molar-refractivity contribution in [2.75, 3.05) is 37.9 Å². The largest absolute Gasteiger partial charge is 0.383 e. The standard InChI is InChI=1S/C20H21ClN6O3S/c1-30-8-17-19(28)26(4-5-27(17)20(29)25-16-10-31-9-14(16)21)7-12-2-3-13-15(6-12)23-11-24-18(13)22/h2-3,6,9-11,17H,4-5,7-8H2,1H3,(H,25,29)(H2,22,23,24)/t17-/m0/s1. The van der Waals surface area contributed by atoms with Gasteiger partial charge in [-0.25, -0.2) is 14.8 Å². The van der Waals surface area contributed by atoms with Gasteiger partial charge in [0, 0.05) is 42.9 Å². The molecule has 1 atom stereocenters. The number of halogens is 1. The van der Waals surface area contributed by atoms with E-state index in [0.717, 1.165) is 16.5 Å². The van der Waals surface area contributed by atoms with Gasteiger partial charge in [-0.15, -0.1) is 11.3 Å². The van der Waals surface area contributed by atoms with Crippen LogP contribution in [0.3, 0.4) is 0 Å². The molecule has 31 heavy (non-hydrogen) atoms. The van der Waals surface area contributed by atoms with E-state index in [0.29, 0.717) is 36.2 Å². The minimum atomic E-state index is -0.727. The van der Waals surface area contributed by atoms with Crippen molar-refractivity contribution < 1.29 is 14.3 Å². The number of benzene rings is 1. The highest BCUT2D eigenvalue weighted by molar-refractivity contribution is 7.09. The highest BCUT2D eigenvalue weighted by atomic mass is 35.5. The van der Waals surface area contributed by atoms with E-state index in [1.807, 2.05) is 18.2 Å². The number of carbonyl (C=O) groups excluding carboxylic acids is 2.